The molecule has 3 nitrogen and oxygen atoms in total. The van der Waals surface area contributed by atoms with Crippen molar-refractivity contribution in [3.8, 4) is 0 Å². The summed E-state index contributed by atoms with van der Waals surface area (Å²) in [5.74, 6) is 0. The van der Waals surface area contributed by atoms with Gasteiger partial charge < -0.3 is 9.64 Å². The Kier molecular flexibility index (Phi) is 3.12. The molecule has 1 atom stereocenters. The van der Waals surface area contributed by atoms with E-state index in [2.05, 4.69) is 24.2 Å². The molecule has 0 aromatic heterocycles. The van der Waals surface area contributed by atoms with Gasteiger partial charge in [-0.05, 0) is 13.6 Å². The van der Waals surface area contributed by atoms with Gasteiger partial charge in [0.05, 0.1) is 13.3 Å². The third-order valence-electron chi connectivity index (χ3n) is 2.02. The molecule has 0 saturated carbocycles. The molecule has 1 fully saturated rings. The second-order valence-corrected chi connectivity index (χ2v) is 2.70. The normalized spacial score (nSPS) is 27.3. The maximum atomic E-state index is 5.25. The summed E-state index contributed by atoms with van der Waals surface area (Å²) in [4.78, 5) is 2.30. The van der Waals surface area contributed by atoms with E-state index in [9.17, 15) is 0 Å². The molecule has 1 saturated heterocycles. The van der Waals surface area contributed by atoms with Crippen molar-refractivity contribution >= 4 is 0 Å². The average molecular weight is 144 g/mol. The molecule has 1 aliphatic rings. The van der Waals surface area contributed by atoms with Crippen LogP contribution in [-0.2, 0) is 4.74 Å². The molecule has 0 amide bonds. The van der Waals surface area contributed by atoms with Crippen LogP contribution in [0.3, 0.4) is 0 Å². The van der Waals surface area contributed by atoms with Gasteiger partial charge in [0.25, 0.3) is 0 Å². The third-order valence-corrected chi connectivity index (χ3v) is 2.02. The van der Waals surface area contributed by atoms with Crippen LogP contribution in [0, 0.1) is 0 Å². The Morgan fingerprint density at radius 1 is 1.70 bits per heavy atom. The molecule has 0 aromatic rings. The summed E-state index contributed by atoms with van der Waals surface area (Å²) in [6.45, 7) is 5.90. The van der Waals surface area contributed by atoms with Crippen LogP contribution in [0.1, 0.15) is 6.92 Å². The zero-order chi connectivity index (χ0) is 7.40. The van der Waals surface area contributed by atoms with Crippen LogP contribution in [0.15, 0.2) is 0 Å². The molecule has 0 radical (unpaired) electrons. The number of rotatable bonds is 2. The molecule has 1 N–H and O–H groups in total. The van der Waals surface area contributed by atoms with Crippen LogP contribution in [0.5, 0.6) is 0 Å². The fourth-order valence-electron chi connectivity index (χ4n) is 1.09. The van der Waals surface area contributed by atoms with Crippen LogP contribution in [0.25, 0.3) is 0 Å². The van der Waals surface area contributed by atoms with Crippen LogP contribution in [-0.4, -0.2) is 44.4 Å². The molecular formula is C7H16N2O. The molecule has 1 aliphatic heterocycles. The van der Waals surface area contributed by atoms with E-state index in [1.54, 1.807) is 0 Å². The van der Waals surface area contributed by atoms with Gasteiger partial charge in [-0.3, -0.25) is 5.32 Å². The van der Waals surface area contributed by atoms with Gasteiger partial charge in [0.2, 0.25) is 0 Å². The van der Waals surface area contributed by atoms with Crippen LogP contribution >= 0.6 is 0 Å². The molecule has 1 heterocycles. The van der Waals surface area contributed by atoms with Crippen LogP contribution in [0.4, 0.5) is 0 Å². The minimum atomic E-state index is 0.568. The topological polar surface area (TPSA) is 24.5 Å². The highest BCUT2D eigenvalue weighted by molar-refractivity contribution is 4.71. The first kappa shape index (κ1) is 7.98. The summed E-state index contributed by atoms with van der Waals surface area (Å²) >= 11 is 0. The van der Waals surface area contributed by atoms with E-state index < -0.39 is 0 Å². The standard InChI is InChI=1S/C7H16N2O/c1-3-9(2)7-4-8-6-10-5-7/h7-8H,3-6H2,1-2H3. The molecule has 0 bridgehead atoms. The fraction of sp³-hybridized carbons (Fsp3) is 1.00. The van der Waals surface area contributed by atoms with Crippen molar-refractivity contribution in [2.45, 2.75) is 13.0 Å². The minimum absolute atomic E-state index is 0.568. The van der Waals surface area contributed by atoms with E-state index in [4.69, 9.17) is 4.74 Å². The predicted octanol–water partition coefficient (Wildman–Crippen LogP) is -0.116. The first-order chi connectivity index (χ1) is 4.84. The molecule has 1 unspecified atom stereocenters. The first-order valence-corrected chi connectivity index (χ1v) is 3.83. The van der Waals surface area contributed by atoms with Crippen LogP contribution < -0.4 is 5.32 Å². The molecular weight excluding hydrogens is 128 g/mol. The van der Waals surface area contributed by atoms with E-state index >= 15 is 0 Å². The highest BCUT2D eigenvalue weighted by Gasteiger charge is 2.15. The van der Waals surface area contributed by atoms with Gasteiger partial charge in [-0.25, -0.2) is 0 Å². The van der Waals surface area contributed by atoms with Gasteiger partial charge in [0, 0.05) is 12.6 Å². The van der Waals surface area contributed by atoms with Gasteiger partial charge in [-0.1, -0.05) is 6.92 Å². The van der Waals surface area contributed by atoms with E-state index in [0.717, 1.165) is 19.7 Å². The Morgan fingerprint density at radius 3 is 3.00 bits per heavy atom. The van der Waals surface area contributed by atoms with Crippen molar-refractivity contribution in [2.75, 3.05) is 33.5 Å². The fourth-order valence-corrected chi connectivity index (χ4v) is 1.09. The second-order valence-electron chi connectivity index (χ2n) is 2.70. The second kappa shape index (κ2) is 3.91. The molecule has 0 aromatic carbocycles. The molecule has 10 heavy (non-hydrogen) atoms. The smallest absolute Gasteiger partial charge is 0.0966 e. The van der Waals surface area contributed by atoms with Crippen molar-refractivity contribution in [3.05, 3.63) is 0 Å². The largest absolute Gasteiger partial charge is 0.365 e. The van der Waals surface area contributed by atoms with E-state index in [1.807, 2.05) is 0 Å². The quantitative estimate of drug-likeness (QED) is 0.585. The SMILES string of the molecule is CCN(C)C1CNCOC1. The highest BCUT2D eigenvalue weighted by atomic mass is 16.5. The molecule has 60 valence electrons. The minimum Gasteiger partial charge on any atom is -0.365 e. The van der Waals surface area contributed by atoms with Gasteiger partial charge in [-0.15, -0.1) is 0 Å². The Morgan fingerprint density at radius 2 is 2.50 bits per heavy atom. The van der Waals surface area contributed by atoms with Gasteiger partial charge in [-0.2, -0.15) is 0 Å². The average Bonchev–Trinajstić information content (AvgIpc) is 2.05. The number of nitrogens with zero attached hydrogens (tertiary/aromatic N) is 1. The molecule has 0 aliphatic carbocycles. The molecule has 1 rings (SSSR count). The lowest BCUT2D eigenvalue weighted by atomic mass is 10.2. The number of ether oxygens (including phenoxy) is 1. The summed E-state index contributed by atoms with van der Waals surface area (Å²) in [6.07, 6.45) is 0. The first-order valence-electron chi connectivity index (χ1n) is 3.83. The van der Waals surface area contributed by atoms with Gasteiger partial charge in [0.15, 0.2) is 0 Å². The van der Waals surface area contributed by atoms with Gasteiger partial charge in [0.1, 0.15) is 0 Å². The monoisotopic (exact) mass is 144 g/mol. The van der Waals surface area contributed by atoms with Crippen molar-refractivity contribution < 1.29 is 4.74 Å². The number of hydrogen-bond acceptors (Lipinski definition) is 3. The predicted molar refractivity (Wildman–Crippen MR) is 40.9 cm³/mol. The zero-order valence-electron chi connectivity index (χ0n) is 6.76. The lowest BCUT2D eigenvalue weighted by Gasteiger charge is -2.30. The van der Waals surface area contributed by atoms with E-state index in [1.165, 1.54) is 0 Å². The van der Waals surface area contributed by atoms with Crippen molar-refractivity contribution in [1.82, 2.24) is 10.2 Å². The number of nitrogens with one attached hydrogen (secondary N) is 1. The Hall–Kier alpha value is -0.120. The summed E-state index contributed by atoms with van der Waals surface area (Å²) in [7, 11) is 2.13. The van der Waals surface area contributed by atoms with Crippen molar-refractivity contribution in [1.29, 1.82) is 0 Å². The summed E-state index contributed by atoms with van der Waals surface area (Å²) in [6, 6.07) is 0.568. The third kappa shape index (κ3) is 1.94. The van der Waals surface area contributed by atoms with E-state index in [-0.39, 0.29) is 0 Å². The lowest BCUT2D eigenvalue weighted by molar-refractivity contribution is 0.0234. The van der Waals surface area contributed by atoms with Crippen molar-refractivity contribution in [3.63, 3.8) is 0 Å². The maximum Gasteiger partial charge on any atom is 0.0966 e. The lowest BCUT2D eigenvalue weighted by Crippen LogP contribution is -2.47. The number of hydrogen-bond donors (Lipinski definition) is 1. The summed E-state index contributed by atoms with van der Waals surface area (Å²) < 4.78 is 5.25. The Labute approximate surface area is 62.3 Å². The summed E-state index contributed by atoms with van der Waals surface area (Å²) in [5.41, 5.74) is 0. The van der Waals surface area contributed by atoms with E-state index in [0.29, 0.717) is 12.8 Å². The number of likely N-dealkylation sites (N-methyl/N-ethyl adjacent to an activating group) is 1. The molecule has 0 spiro atoms. The summed E-state index contributed by atoms with van der Waals surface area (Å²) in [5, 5.41) is 3.19. The van der Waals surface area contributed by atoms with Gasteiger partial charge >= 0.3 is 0 Å². The molecule has 3 heteroatoms. The van der Waals surface area contributed by atoms with Crippen molar-refractivity contribution in [2.24, 2.45) is 0 Å². The maximum absolute atomic E-state index is 5.25. The van der Waals surface area contributed by atoms with Crippen LogP contribution in [0.2, 0.25) is 0 Å². The zero-order valence-corrected chi connectivity index (χ0v) is 6.76. The Balaban J connectivity index is 2.24. The Bertz CT molecular complexity index is 91.6. The highest BCUT2D eigenvalue weighted by Crippen LogP contribution is 1.98.